The molecule has 0 spiro atoms. The molecule has 0 saturated carbocycles. The molecule has 1 aliphatic rings. The van der Waals surface area contributed by atoms with Crippen molar-refractivity contribution in [1.82, 2.24) is 15.1 Å². The fourth-order valence-electron chi connectivity index (χ4n) is 3.20. The van der Waals surface area contributed by atoms with E-state index in [1.807, 2.05) is 23.9 Å². The smallest absolute Gasteiger partial charge is 0.244 e. The highest BCUT2D eigenvalue weighted by atomic mass is 19.1. The number of likely N-dealkylation sites (tertiary alicyclic amines) is 1. The molecule has 2 amide bonds. The highest BCUT2D eigenvalue weighted by Gasteiger charge is 2.31. The Hall–Kier alpha value is -1.95. The summed E-state index contributed by atoms with van der Waals surface area (Å²) in [7, 11) is 5.35. The fourth-order valence-corrected chi connectivity index (χ4v) is 3.20. The highest BCUT2D eigenvalue weighted by molar-refractivity contribution is 5.83. The van der Waals surface area contributed by atoms with Gasteiger partial charge in [-0.05, 0) is 50.6 Å². The normalized spacial score (nSPS) is 17.0. The Balaban J connectivity index is 2.01. The number of carbonyl (C=O) groups is 2. The summed E-state index contributed by atoms with van der Waals surface area (Å²) in [4.78, 5) is 28.1. The largest absolute Gasteiger partial charge is 0.359 e. The number of piperidine rings is 1. The van der Waals surface area contributed by atoms with Gasteiger partial charge in [-0.2, -0.15) is 0 Å². The summed E-state index contributed by atoms with van der Waals surface area (Å²) in [5.74, 6) is 0.110. The van der Waals surface area contributed by atoms with Crippen LogP contribution in [0.1, 0.15) is 30.9 Å². The van der Waals surface area contributed by atoms with Crippen molar-refractivity contribution in [3.05, 3.63) is 35.6 Å². The summed E-state index contributed by atoms with van der Waals surface area (Å²) < 4.78 is 13.1. The van der Waals surface area contributed by atoms with Gasteiger partial charge in [-0.15, -0.1) is 0 Å². The van der Waals surface area contributed by atoms with Crippen LogP contribution in [0.15, 0.2) is 24.3 Å². The second-order valence-corrected chi connectivity index (χ2v) is 6.56. The van der Waals surface area contributed by atoms with Gasteiger partial charge in [-0.1, -0.05) is 12.1 Å². The quantitative estimate of drug-likeness (QED) is 0.893. The summed E-state index contributed by atoms with van der Waals surface area (Å²) >= 11 is 0. The van der Waals surface area contributed by atoms with Crippen LogP contribution in [-0.2, 0) is 9.59 Å². The summed E-state index contributed by atoms with van der Waals surface area (Å²) in [6.07, 6.45) is 2.19. The van der Waals surface area contributed by atoms with Gasteiger partial charge >= 0.3 is 0 Å². The second kappa shape index (κ2) is 8.24. The van der Waals surface area contributed by atoms with Crippen LogP contribution < -0.4 is 5.32 Å². The average molecular weight is 335 g/mol. The average Bonchev–Trinajstić information content (AvgIpc) is 2.57. The number of hydrogen-bond donors (Lipinski definition) is 1. The molecular weight excluding hydrogens is 309 g/mol. The van der Waals surface area contributed by atoms with Crippen molar-refractivity contribution in [2.24, 2.45) is 5.92 Å². The van der Waals surface area contributed by atoms with Crippen LogP contribution in [0, 0.1) is 11.7 Å². The summed E-state index contributed by atoms with van der Waals surface area (Å²) in [5, 5.41) is 2.65. The molecular formula is C18H26FN3O2. The zero-order valence-corrected chi connectivity index (χ0v) is 14.6. The Morgan fingerprint density at radius 3 is 2.33 bits per heavy atom. The summed E-state index contributed by atoms with van der Waals surface area (Å²) in [5.41, 5.74) is 0.791. The van der Waals surface area contributed by atoms with Gasteiger partial charge < -0.3 is 10.2 Å². The molecule has 1 aliphatic heterocycles. The van der Waals surface area contributed by atoms with E-state index < -0.39 is 6.04 Å². The minimum absolute atomic E-state index is 0.0324. The van der Waals surface area contributed by atoms with E-state index in [2.05, 4.69) is 5.32 Å². The molecule has 0 radical (unpaired) electrons. The highest BCUT2D eigenvalue weighted by Crippen LogP contribution is 2.26. The van der Waals surface area contributed by atoms with Crippen molar-refractivity contribution in [1.29, 1.82) is 0 Å². The zero-order valence-electron chi connectivity index (χ0n) is 14.6. The molecule has 0 aromatic heterocycles. The molecule has 1 atom stereocenters. The molecule has 6 heteroatoms. The molecule has 1 N–H and O–H groups in total. The van der Waals surface area contributed by atoms with Gasteiger partial charge in [0.15, 0.2) is 0 Å². The maximum Gasteiger partial charge on any atom is 0.244 e. The van der Waals surface area contributed by atoms with Gasteiger partial charge in [0.1, 0.15) is 11.9 Å². The van der Waals surface area contributed by atoms with Gasteiger partial charge in [0, 0.05) is 26.6 Å². The molecule has 1 aromatic rings. The van der Waals surface area contributed by atoms with E-state index in [1.54, 1.807) is 19.2 Å². The van der Waals surface area contributed by atoms with Gasteiger partial charge in [-0.3, -0.25) is 14.5 Å². The number of nitrogens with one attached hydrogen (secondary N) is 1. The lowest BCUT2D eigenvalue weighted by Gasteiger charge is -2.36. The maximum atomic E-state index is 13.1. The molecule has 1 fully saturated rings. The SMILES string of the molecule is CNC(=O)CC1CCN(C(=O)C(c2ccc(F)cc2)N(C)C)CC1. The number of likely N-dealkylation sites (N-methyl/N-ethyl adjacent to an activating group) is 1. The van der Waals surface area contributed by atoms with E-state index >= 15 is 0 Å². The van der Waals surface area contributed by atoms with Crippen LogP contribution in [0.2, 0.25) is 0 Å². The molecule has 2 rings (SSSR count). The van der Waals surface area contributed by atoms with Crippen LogP contribution in [-0.4, -0.2) is 55.8 Å². The van der Waals surface area contributed by atoms with E-state index in [9.17, 15) is 14.0 Å². The van der Waals surface area contributed by atoms with Crippen molar-refractivity contribution >= 4 is 11.8 Å². The zero-order chi connectivity index (χ0) is 17.7. The molecule has 24 heavy (non-hydrogen) atoms. The lowest BCUT2D eigenvalue weighted by atomic mass is 9.92. The van der Waals surface area contributed by atoms with E-state index in [1.165, 1.54) is 12.1 Å². The Morgan fingerprint density at radius 1 is 1.25 bits per heavy atom. The molecule has 0 aliphatic carbocycles. The van der Waals surface area contributed by atoms with Crippen molar-refractivity contribution in [3.8, 4) is 0 Å². The molecule has 5 nitrogen and oxygen atoms in total. The number of carbonyl (C=O) groups excluding carboxylic acids is 2. The third kappa shape index (κ3) is 4.54. The lowest BCUT2D eigenvalue weighted by molar-refractivity contribution is -0.137. The van der Waals surface area contributed by atoms with Crippen molar-refractivity contribution in [2.45, 2.75) is 25.3 Å². The molecule has 132 valence electrons. The minimum atomic E-state index is -0.416. The summed E-state index contributed by atoms with van der Waals surface area (Å²) in [6, 6.07) is 5.68. The Labute approximate surface area is 142 Å². The monoisotopic (exact) mass is 335 g/mol. The van der Waals surface area contributed by atoms with Crippen molar-refractivity contribution < 1.29 is 14.0 Å². The van der Waals surface area contributed by atoms with Gasteiger partial charge in [0.2, 0.25) is 11.8 Å². The second-order valence-electron chi connectivity index (χ2n) is 6.56. The van der Waals surface area contributed by atoms with Crippen LogP contribution in [0.5, 0.6) is 0 Å². The minimum Gasteiger partial charge on any atom is -0.359 e. The number of nitrogens with zero attached hydrogens (tertiary/aromatic N) is 2. The maximum absolute atomic E-state index is 13.1. The van der Waals surface area contributed by atoms with E-state index in [0.29, 0.717) is 25.4 Å². The first kappa shape index (κ1) is 18.4. The van der Waals surface area contributed by atoms with E-state index in [4.69, 9.17) is 0 Å². The summed E-state index contributed by atoms with van der Waals surface area (Å²) in [6.45, 7) is 1.32. The van der Waals surface area contributed by atoms with E-state index in [0.717, 1.165) is 18.4 Å². The first-order valence-electron chi connectivity index (χ1n) is 8.33. The standard InChI is InChI=1S/C18H26FN3O2/c1-20-16(23)12-13-8-10-22(11-9-13)18(24)17(21(2)3)14-4-6-15(19)7-5-14/h4-7,13,17H,8-12H2,1-3H3,(H,20,23). The number of amides is 2. The third-order valence-corrected chi connectivity index (χ3v) is 4.62. The van der Waals surface area contributed by atoms with Crippen LogP contribution in [0.3, 0.4) is 0 Å². The predicted octanol–water partition coefficient (Wildman–Crippen LogP) is 1.80. The van der Waals surface area contributed by atoms with Crippen molar-refractivity contribution in [3.63, 3.8) is 0 Å². The van der Waals surface area contributed by atoms with Crippen LogP contribution in [0.25, 0.3) is 0 Å². The molecule has 1 aromatic carbocycles. The molecule has 0 bridgehead atoms. The van der Waals surface area contributed by atoms with Crippen LogP contribution >= 0.6 is 0 Å². The first-order valence-corrected chi connectivity index (χ1v) is 8.33. The molecule has 1 heterocycles. The molecule has 1 unspecified atom stereocenters. The van der Waals surface area contributed by atoms with Crippen molar-refractivity contribution in [2.75, 3.05) is 34.2 Å². The van der Waals surface area contributed by atoms with Gasteiger partial charge in [-0.25, -0.2) is 4.39 Å². The number of benzene rings is 1. The lowest BCUT2D eigenvalue weighted by Crippen LogP contribution is -2.45. The predicted molar refractivity (Wildman–Crippen MR) is 90.8 cm³/mol. The number of hydrogen-bond acceptors (Lipinski definition) is 3. The topological polar surface area (TPSA) is 52.7 Å². The van der Waals surface area contributed by atoms with Gasteiger partial charge in [0.25, 0.3) is 0 Å². The molecule has 1 saturated heterocycles. The Kier molecular flexibility index (Phi) is 6.31. The van der Waals surface area contributed by atoms with Crippen LogP contribution in [0.4, 0.5) is 4.39 Å². The third-order valence-electron chi connectivity index (χ3n) is 4.62. The number of rotatable bonds is 5. The van der Waals surface area contributed by atoms with E-state index in [-0.39, 0.29) is 17.6 Å². The Bertz CT molecular complexity index is 566. The fraction of sp³-hybridized carbons (Fsp3) is 0.556. The van der Waals surface area contributed by atoms with Gasteiger partial charge in [0.05, 0.1) is 0 Å². The number of halogens is 1. The Morgan fingerprint density at radius 2 is 1.83 bits per heavy atom. The first-order chi connectivity index (χ1) is 11.4.